The Bertz CT molecular complexity index is 1090. The maximum absolute atomic E-state index is 12.7. The number of aromatic nitrogens is 1. The molecule has 2 heterocycles. The third kappa shape index (κ3) is 4.31. The SMILES string of the molecule is COc1ccc(-n2ccc(/C=C3/SC(=O)N(Cc4ccc(Br)cc4)C3=O)c2)cc1. The molecule has 1 aliphatic heterocycles. The van der Waals surface area contributed by atoms with Gasteiger partial charge in [0.1, 0.15) is 5.75 Å². The number of ether oxygens (including phenoxy) is 1. The van der Waals surface area contributed by atoms with Crippen molar-refractivity contribution in [3.8, 4) is 11.4 Å². The van der Waals surface area contributed by atoms with Crippen molar-refractivity contribution in [2.75, 3.05) is 7.11 Å². The third-order valence-corrected chi connectivity index (χ3v) is 5.95. The highest BCUT2D eigenvalue weighted by Crippen LogP contribution is 2.33. The number of hydrogen-bond donors (Lipinski definition) is 0. The molecule has 0 bridgehead atoms. The summed E-state index contributed by atoms with van der Waals surface area (Å²) in [6, 6.07) is 17.2. The van der Waals surface area contributed by atoms with Gasteiger partial charge in [-0.05, 0) is 71.4 Å². The van der Waals surface area contributed by atoms with Gasteiger partial charge < -0.3 is 9.30 Å². The molecule has 0 saturated carbocycles. The summed E-state index contributed by atoms with van der Waals surface area (Å²) in [5, 5.41) is -0.251. The average molecular weight is 469 g/mol. The zero-order chi connectivity index (χ0) is 20.4. The van der Waals surface area contributed by atoms with Crippen molar-refractivity contribution in [2.24, 2.45) is 0 Å². The van der Waals surface area contributed by atoms with Crippen LogP contribution >= 0.6 is 27.7 Å². The van der Waals surface area contributed by atoms with E-state index >= 15 is 0 Å². The standard InChI is InChI=1S/C22H17BrN2O3S/c1-28-19-8-6-18(7-9-19)24-11-10-16(13-24)12-20-21(26)25(22(27)29-20)14-15-2-4-17(23)5-3-15/h2-13H,14H2,1H3/b20-12+. The molecule has 29 heavy (non-hydrogen) atoms. The van der Waals surface area contributed by atoms with Gasteiger partial charge in [-0.15, -0.1) is 0 Å². The fourth-order valence-electron chi connectivity index (χ4n) is 2.97. The minimum absolute atomic E-state index is 0.251. The minimum Gasteiger partial charge on any atom is -0.497 e. The Kier molecular flexibility index (Phi) is 5.60. The first-order chi connectivity index (χ1) is 14.0. The summed E-state index contributed by atoms with van der Waals surface area (Å²) in [5.41, 5.74) is 2.74. The molecule has 3 aromatic rings. The van der Waals surface area contributed by atoms with E-state index in [0.29, 0.717) is 4.91 Å². The van der Waals surface area contributed by atoms with Crippen molar-refractivity contribution in [3.05, 3.63) is 87.5 Å². The van der Waals surface area contributed by atoms with Gasteiger partial charge in [0, 0.05) is 22.6 Å². The smallest absolute Gasteiger partial charge is 0.293 e. The van der Waals surface area contributed by atoms with Crippen molar-refractivity contribution in [2.45, 2.75) is 6.54 Å². The molecule has 4 rings (SSSR count). The van der Waals surface area contributed by atoms with E-state index in [9.17, 15) is 9.59 Å². The van der Waals surface area contributed by atoms with E-state index in [1.54, 1.807) is 13.2 Å². The lowest BCUT2D eigenvalue weighted by atomic mass is 10.2. The van der Waals surface area contributed by atoms with Crippen molar-refractivity contribution >= 4 is 44.9 Å². The molecule has 7 heteroatoms. The number of amides is 2. The summed E-state index contributed by atoms with van der Waals surface area (Å²) in [6.45, 7) is 0.266. The second-order valence-corrected chi connectivity index (χ2v) is 8.35. The van der Waals surface area contributed by atoms with Crippen LogP contribution in [0.3, 0.4) is 0 Å². The van der Waals surface area contributed by atoms with Gasteiger partial charge in [-0.2, -0.15) is 0 Å². The Morgan fingerprint density at radius 2 is 1.76 bits per heavy atom. The van der Waals surface area contributed by atoms with Crippen LogP contribution in [0, 0.1) is 0 Å². The first-order valence-corrected chi connectivity index (χ1v) is 10.5. The molecule has 0 atom stereocenters. The van der Waals surface area contributed by atoms with Crippen molar-refractivity contribution in [1.82, 2.24) is 9.47 Å². The number of rotatable bonds is 5. The molecule has 146 valence electrons. The second kappa shape index (κ2) is 8.31. The topological polar surface area (TPSA) is 51.5 Å². The number of benzene rings is 2. The molecule has 0 spiro atoms. The summed E-state index contributed by atoms with van der Waals surface area (Å²) in [4.78, 5) is 26.8. The van der Waals surface area contributed by atoms with Crippen LogP contribution < -0.4 is 4.74 Å². The maximum atomic E-state index is 12.7. The quantitative estimate of drug-likeness (QED) is 0.464. The summed E-state index contributed by atoms with van der Waals surface area (Å²) < 4.78 is 8.09. The summed E-state index contributed by atoms with van der Waals surface area (Å²) in [6.07, 6.45) is 5.59. The van der Waals surface area contributed by atoms with Crippen LogP contribution in [0.5, 0.6) is 5.75 Å². The lowest BCUT2D eigenvalue weighted by Crippen LogP contribution is -2.27. The molecule has 0 radical (unpaired) electrons. The summed E-state index contributed by atoms with van der Waals surface area (Å²) >= 11 is 4.36. The molecule has 1 saturated heterocycles. The fourth-order valence-corrected chi connectivity index (χ4v) is 4.08. The molecular formula is C22H17BrN2O3S. The first-order valence-electron chi connectivity index (χ1n) is 8.86. The molecule has 2 aromatic carbocycles. The molecule has 1 fully saturated rings. The first kappa shape index (κ1) is 19.5. The van der Waals surface area contributed by atoms with E-state index in [4.69, 9.17) is 4.74 Å². The number of carbonyl (C=O) groups is 2. The predicted molar refractivity (Wildman–Crippen MR) is 118 cm³/mol. The van der Waals surface area contributed by atoms with Crippen LogP contribution in [0.1, 0.15) is 11.1 Å². The van der Waals surface area contributed by atoms with Gasteiger partial charge in [-0.25, -0.2) is 0 Å². The predicted octanol–water partition coefficient (Wildman–Crippen LogP) is 5.48. The maximum Gasteiger partial charge on any atom is 0.293 e. The van der Waals surface area contributed by atoms with Crippen molar-refractivity contribution in [3.63, 3.8) is 0 Å². The van der Waals surface area contributed by atoms with E-state index in [2.05, 4.69) is 15.9 Å². The highest BCUT2D eigenvalue weighted by molar-refractivity contribution is 9.10. The van der Waals surface area contributed by atoms with Gasteiger partial charge in [-0.3, -0.25) is 14.5 Å². The van der Waals surface area contributed by atoms with E-state index in [1.165, 1.54) is 4.90 Å². The average Bonchev–Trinajstić information content (AvgIpc) is 3.30. The molecule has 1 aromatic heterocycles. The minimum atomic E-state index is -0.264. The number of carbonyl (C=O) groups excluding carboxylic acids is 2. The van der Waals surface area contributed by atoms with Gasteiger partial charge >= 0.3 is 0 Å². The van der Waals surface area contributed by atoms with E-state index in [1.807, 2.05) is 71.6 Å². The Labute approximate surface area is 181 Å². The Balaban J connectivity index is 1.51. The number of nitrogens with zero attached hydrogens (tertiary/aromatic N) is 2. The lowest BCUT2D eigenvalue weighted by Gasteiger charge is -2.12. The highest BCUT2D eigenvalue weighted by Gasteiger charge is 2.35. The van der Waals surface area contributed by atoms with Crippen LogP contribution in [0.15, 0.2) is 76.4 Å². The van der Waals surface area contributed by atoms with Gasteiger partial charge in [0.05, 0.1) is 18.6 Å². The monoisotopic (exact) mass is 468 g/mol. The van der Waals surface area contributed by atoms with Crippen LogP contribution in [0.25, 0.3) is 11.8 Å². The number of thioether (sulfide) groups is 1. The number of methoxy groups -OCH3 is 1. The van der Waals surface area contributed by atoms with Crippen molar-refractivity contribution < 1.29 is 14.3 Å². The van der Waals surface area contributed by atoms with Gasteiger partial charge in [0.25, 0.3) is 11.1 Å². The van der Waals surface area contributed by atoms with E-state index in [0.717, 1.165) is 38.8 Å². The zero-order valence-corrected chi connectivity index (χ0v) is 17.9. The molecule has 0 aliphatic carbocycles. The number of imide groups is 1. The van der Waals surface area contributed by atoms with Gasteiger partial charge in [-0.1, -0.05) is 28.1 Å². The van der Waals surface area contributed by atoms with E-state index in [-0.39, 0.29) is 17.7 Å². The molecule has 2 amide bonds. The van der Waals surface area contributed by atoms with Crippen LogP contribution in [-0.4, -0.2) is 27.7 Å². The Hall–Kier alpha value is -2.77. The Morgan fingerprint density at radius 3 is 2.45 bits per heavy atom. The molecule has 1 aliphatic rings. The van der Waals surface area contributed by atoms with Crippen LogP contribution in [0.2, 0.25) is 0 Å². The molecule has 0 N–H and O–H groups in total. The summed E-state index contributed by atoms with van der Waals surface area (Å²) in [5.74, 6) is 0.528. The lowest BCUT2D eigenvalue weighted by molar-refractivity contribution is -0.123. The van der Waals surface area contributed by atoms with E-state index < -0.39 is 0 Å². The summed E-state index contributed by atoms with van der Waals surface area (Å²) in [7, 11) is 1.63. The third-order valence-electron chi connectivity index (χ3n) is 4.51. The molecular weight excluding hydrogens is 452 g/mol. The highest BCUT2D eigenvalue weighted by atomic mass is 79.9. The van der Waals surface area contributed by atoms with Crippen LogP contribution in [0.4, 0.5) is 4.79 Å². The fraction of sp³-hybridized carbons (Fsp3) is 0.0909. The van der Waals surface area contributed by atoms with Gasteiger partial charge in [0.2, 0.25) is 0 Å². The normalized spacial score (nSPS) is 15.4. The Morgan fingerprint density at radius 1 is 1.03 bits per heavy atom. The zero-order valence-electron chi connectivity index (χ0n) is 15.5. The van der Waals surface area contributed by atoms with Gasteiger partial charge in [0.15, 0.2) is 0 Å². The van der Waals surface area contributed by atoms with Crippen LogP contribution in [-0.2, 0) is 11.3 Å². The number of hydrogen-bond acceptors (Lipinski definition) is 4. The number of halogens is 1. The second-order valence-electron chi connectivity index (χ2n) is 6.44. The molecule has 5 nitrogen and oxygen atoms in total. The molecule has 0 unspecified atom stereocenters. The largest absolute Gasteiger partial charge is 0.497 e. The van der Waals surface area contributed by atoms with Crippen molar-refractivity contribution in [1.29, 1.82) is 0 Å².